The number of pyridine rings is 1. The van der Waals surface area contributed by atoms with Crippen LogP contribution in [0.3, 0.4) is 0 Å². The van der Waals surface area contributed by atoms with Gasteiger partial charge in [0.1, 0.15) is 5.82 Å². The Morgan fingerprint density at radius 1 is 1.32 bits per heavy atom. The molecule has 2 heterocycles. The molecular weight excluding hydrogens is 244 g/mol. The largest absolute Gasteiger partial charge is 0.480 e. The van der Waals surface area contributed by atoms with Crippen LogP contribution < -0.4 is 21.7 Å². The van der Waals surface area contributed by atoms with Crippen molar-refractivity contribution < 1.29 is 4.74 Å². The Kier molecular flexibility index (Phi) is 4.22. The maximum atomic E-state index is 5.81. The molecule has 1 atom stereocenters. The SMILES string of the molecule is COc1ccc(C(Cc2cccnc2N)NN)nn1. The maximum absolute atomic E-state index is 5.81. The number of methoxy groups -OCH3 is 1. The molecule has 7 heteroatoms. The molecule has 0 radical (unpaired) electrons. The number of rotatable bonds is 5. The molecule has 0 aliphatic carbocycles. The van der Waals surface area contributed by atoms with Gasteiger partial charge in [-0.1, -0.05) is 6.07 Å². The number of anilines is 1. The molecule has 5 N–H and O–H groups in total. The van der Waals surface area contributed by atoms with Crippen LogP contribution in [0.15, 0.2) is 30.5 Å². The van der Waals surface area contributed by atoms with Crippen molar-refractivity contribution in [2.75, 3.05) is 12.8 Å². The van der Waals surface area contributed by atoms with Gasteiger partial charge in [0.25, 0.3) is 0 Å². The van der Waals surface area contributed by atoms with Crippen molar-refractivity contribution in [2.45, 2.75) is 12.5 Å². The first-order chi connectivity index (χ1) is 9.24. The van der Waals surface area contributed by atoms with Gasteiger partial charge in [-0.05, 0) is 24.1 Å². The molecule has 2 aromatic heterocycles. The van der Waals surface area contributed by atoms with Gasteiger partial charge in [0, 0.05) is 12.3 Å². The van der Waals surface area contributed by atoms with E-state index in [4.69, 9.17) is 16.3 Å². The van der Waals surface area contributed by atoms with E-state index in [9.17, 15) is 0 Å². The molecule has 7 nitrogen and oxygen atoms in total. The summed E-state index contributed by atoms with van der Waals surface area (Å²) in [4.78, 5) is 4.04. The molecule has 0 fully saturated rings. The van der Waals surface area contributed by atoms with Gasteiger partial charge in [0.15, 0.2) is 0 Å². The Morgan fingerprint density at radius 2 is 2.16 bits per heavy atom. The molecule has 0 bridgehead atoms. The fourth-order valence-corrected chi connectivity index (χ4v) is 1.72. The Hall–Kier alpha value is -2.25. The van der Waals surface area contributed by atoms with Gasteiger partial charge in [-0.3, -0.25) is 11.3 Å². The minimum absolute atomic E-state index is 0.190. The third-order valence-corrected chi connectivity index (χ3v) is 2.78. The van der Waals surface area contributed by atoms with E-state index in [0.717, 1.165) is 5.56 Å². The van der Waals surface area contributed by atoms with Crippen molar-refractivity contribution in [2.24, 2.45) is 5.84 Å². The predicted molar refractivity (Wildman–Crippen MR) is 71.0 cm³/mol. The van der Waals surface area contributed by atoms with Crippen LogP contribution in [-0.2, 0) is 6.42 Å². The number of aromatic nitrogens is 3. The molecule has 0 aliphatic heterocycles. The smallest absolute Gasteiger partial charge is 0.233 e. The molecule has 0 saturated heterocycles. The quantitative estimate of drug-likeness (QED) is 0.520. The summed E-state index contributed by atoms with van der Waals surface area (Å²) in [5.41, 5.74) is 10.1. The average molecular weight is 260 g/mol. The normalized spacial score (nSPS) is 12.1. The van der Waals surface area contributed by atoms with E-state index in [2.05, 4.69) is 20.6 Å². The number of hydrogen-bond acceptors (Lipinski definition) is 7. The Labute approximate surface area is 111 Å². The van der Waals surface area contributed by atoms with Gasteiger partial charge in [0.2, 0.25) is 5.88 Å². The Balaban J connectivity index is 2.17. The minimum Gasteiger partial charge on any atom is -0.480 e. The van der Waals surface area contributed by atoms with Crippen molar-refractivity contribution >= 4 is 5.82 Å². The fourth-order valence-electron chi connectivity index (χ4n) is 1.72. The van der Waals surface area contributed by atoms with E-state index in [1.807, 2.05) is 18.2 Å². The zero-order valence-corrected chi connectivity index (χ0v) is 10.6. The molecule has 0 spiro atoms. The highest BCUT2D eigenvalue weighted by Gasteiger charge is 2.14. The van der Waals surface area contributed by atoms with Crippen LogP contribution in [0.2, 0.25) is 0 Å². The van der Waals surface area contributed by atoms with E-state index >= 15 is 0 Å². The van der Waals surface area contributed by atoms with E-state index in [-0.39, 0.29) is 6.04 Å². The Bertz CT molecular complexity index is 530. The van der Waals surface area contributed by atoms with Gasteiger partial charge in [-0.2, -0.15) is 5.10 Å². The lowest BCUT2D eigenvalue weighted by molar-refractivity contribution is 0.389. The number of ether oxygens (including phenoxy) is 1. The summed E-state index contributed by atoms with van der Waals surface area (Å²) in [6.45, 7) is 0. The number of nitrogens with two attached hydrogens (primary N) is 2. The number of nitrogen functional groups attached to an aromatic ring is 1. The van der Waals surface area contributed by atoms with Crippen LogP contribution >= 0.6 is 0 Å². The lowest BCUT2D eigenvalue weighted by atomic mass is 10.0. The highest BCUT2D eigenvalue weighted by Crippen LogP contribution is 2.19. The molecule has 2 rings (SSSR count). The molecule has 0 saturated carbocycles. The summed E-state index contributed by atoms with van der Waals surface area (Å²) in [7, 11) is 1.54. The minimum atomic E-state index is -0.190. The zero-order valence-electron chi connectivity index (χ0n) is 10.6. The van der Waals surface area contributed by atoms with Gasteiger partial charge in [-0.25, -0.2) is 4.98 Å². The van der Waals surface area contributed by atoms with Gasteiger partial charge >= 0.3 is 0 Å². The summed E-state index contributed by atoms with van der Waals surface area (Å²) in [6.07, 6.45) is 2.23. The molecule has 2 aromatic rings. The maximum Gasteiger partial charge on any atom is 0.233 e. The summed E-state index contributed by atoms with van der Waals surface area (Å²) in [5, 5.41) is 7.98. The van der Waals surface area contributed by atoms with Crippen molar-refractivity contribution in [3.63, 3.8) is 0 Å². The lowest BCUT2D eigenvalue weighted by Gasteiger charge is -2.15. The van der Waals surface area contributed by atoms with E-state index < -0.39 is 0 Å². The van der Waals surface area contributed by atoms with Crippen LogP contribution in [0.5, 0.6) is 5.88 Å². The summed E-state index contributed by atoms with van der Waals surface area (Å²) in [5.74, 6) is 6.51. The van der Waals surface area contributed by atoms with E-state index in [1.165, 1.54) is 0 Å². The van der Waals surface area contributed by atoms with Crippen LogP contribution in [-0.4, -0.2) is 22.3 Å². The zero-order chi connectivity index (χ0) is 13.7. The summed E-state index contributed by atoms with van der Waals surface area (Å²) >= 11 is 0. The van der Waals surface area contributed by atoms with Crippen LogP contribution in [0.25, 0.3) is 0 Å². The highest BCUT2D eigenvalue weighted by molar-refractivity contribution is 5.39. The fraction of sp³-hybridized carbons (Fsp3) is 0.250. The van der Waals surface area contributed by atoms with E-state index in [0.29, 0.717) is 23.8 Å². The Morgan fingerprint density at radius 3 is 2.74 bits per heavy atom. The van der Waals surface area contributed by atoms with Gasteiger partial charge in [-0.15, -0.1) is 5.10 Å². The van der Waals surface area contributed by atoms with Crippen LogP contribution in [0, 0.1) is 0 Å². The highest BCUT2D eigenvalue weighted by atomic mass is 16.5. The molecule has 100 valence electrons. The summed E-state index contributed by atoms with van der Waals surface area (Å²) in [6, 6.07) is 7.09. The van der Waals surface area contributed by atoms with Crippen molar-refractivity contribution in [1.29, 1.82) is 0 Å². The molecule has 19 heavy (non-hydrogen) atoms. The second kappa shape index (κ2) is 6.07. The second-order valence-corrected chi connectivity index (χ2v) is 3.97. The molecule has 0 aliphatic rings. The second-order valence-electron chi connectivity index (χ2n) is 3.97. The number of nitrogens with one attached hydrogen (secondary N) is 1. The standard InChI is InChI=1S/C12H16N6O/c1-19-11-5-4-9(17-18-11)10(16-14)7-8-3-2-6-15-12(8)13/h2-6,10,16H,7,14H2,1H3,(H2,13,15). The van der Waals surface area contributed by atoms with Crippen molar-refractivity contribution in [3.8, 4) is 5.88 Å². The summed E-state index contributed by atoms with van der Waals surface area (Å²) < 4.78 is 4.96. The number of hydrogen-bond donors (Lipinski definition) is 3. The first-order valence-electron chi connectivity index (χ1n) is 5.77. The van der Waals surface area contributed by atoms with Crippen molar-refractivity contribution in [3.05, 3.63) is 41.7 Å². The monoisotopic (exact) mass is 260 g/mol. The predicted octanol–water partition coefficient (Wildman–Crippen LogP) is 0.210. The van der Waals surface area contributed by atoms with E-state index in [1.54, 1.807) is 19.4 Å². The molecule has 1 unspecified atom stereocenters. The third-order valence-electron chi connectivity index (χ3n) is 2.78. The average Bonchev–Trinajstić information content (AvgIpc) is 2.47. The first kappa shape index (κ1) is 13.2. The van der Waals surface area contributed by atoms with Crippen LogP contribution in [0.1, 0.15) is 17.3 Å². The number of hydrazine groups is 1. The van der Waals surface area contributed by atoms with Crippen molar-refractivity contribution in [1.82, 2.24) is 20.6 Å². The molecular formula is C12H16N6O. The lowest BCUT2D eigenvalue weighted by Crippen LogP contribution is -2.30. The molecule has 0 amide bonds. The first-order valence-corrected chi connectivity index (χ1v) is 5.77. The van der Waals surface area contributed by atoms with Gasteiger partial charge < -0.3 is 10.5 Å². The molecule has 0 aromatic carbocycles. The van der Waals surface area contributed by atoms with Gasteiger partial charge in [0.05, 0.1) is 18.8 Å². The third kappa shape index (κ3) is 3.15. The van der Waals surface area contributed by atoms with Crippen LogP contribution in [0.4, 0.5) is 5.82 Å². The number of nitrogens with zero attached hydrogens (tertiary/aromatic N) is 3. The topological polar surface area (TPSA) is 112 Å².